The zero-order chi connectivity index (χ0) is 14.1. The molecule has 0 saturated carbocycles. The third-order valence-electron chi connectivity index (χ3n) is 3.31. The highest BCUT2D eigenvalue weighted by molar-refractivity contribution is 6.31. The van der Waals surface area contributed by atoms with Crippen LogP contribution < -0.4 is 5.73 Å². The van der Waals surface area contributed by atoms with E-state index in [0.717, 1.165) is 16.5 Å². The molecule has 0 aliphatic rings. The van der Waals surface area contributed by atoms with Gasteiger partial charge in [-0.05, 0) is 23.8 Å². The van der Waals surface area contributed by atoms with Gasteiger partial charge in [-0.15, -0.1) is 0 Å². The fourth-order valence-electron chi connectivity index (χ4n) is 2.34. The van der Waals surface area contributed by atoms with Gasteiger partial charge in [-0.25, -0.2) is 4.39 Å². The summed E-state index contributed by atoms with van der Waals surface area (Å²) in [5, 5.41) is 1.29. The van der Waals surface area contributed by atoms with E-state index in [2.05, 4.69) is 4.98 Å². The number of hydrogen-bond acceptors (Lipinski definition) is 2. The van der Waals surface area contributed by atoms with Gasteiger partial charge in [-0.1, -0.05) is 41.9 Å². The van der Waals surface area contributed by atoms with Crippen molar-refractivity contribution in [2.24, 2.45) is 5.73 Å². The molecule has 100 valence electrons. The summed E-state index contributed by atoms with van der Waals surface area (Å²) in [7, 11) is 0. The number of aromatic nitrogens is 1. The summed E-state index contributed by atoms with van der Waals surface area (Å²) in [5.41, 5.74) is 8.04. The van der Waals surface area contributed by atoms with Crippen molar-refractivity contribution in [1.82, 2.24) is 4.98 Å². The summed E-state index contributed by atoms with van der Waals surface area (Å²) in [6.07, 6.45) is 1.70. The first-order chi connectivity index (χ1) is 9.68. The monoisotopic (exact) mass is 286 g/mol. The zero-order valence-corrected chi connectivity index (χ0v) is 11.3. The molecule has 1 aromatic heterocycles. The second-order valence-corrected chi connectivity index (χ2v) is 4.94. The van der Waals surface area contributed by atoms with Crippen LogP contribution in [0, 0.1) is 5.82 Å². The molecular formula is C16H12ClFN2. The number of nitrogens with zero attached hydrogens (tertiary/aromatic N) is 1. The lowest BCUT2D eigenvalue weighted by atomic mass is 9.96. The molecule has 20 heavy (non-hydrogen) atoms. The van der Waals surface area contributed by atoms with Crippen molar-refractivity contribution >= 4 is 22.5 Å². The van der Waals surface area contributed by atoms with E-state index < -0.39 is 11.9 Å². The molecule has 0 amide bonds. The number of benzene rings is 2. The van der Waals surface area contributed by atoms with E-state index in [4.69, 9.17) is 17.3 Å². The van der Waals surface area contributed by atoms with Gasteiger partial charge in [0.15, 0.2) is 0 Å². The molecule has 3 rings (SSSR count). The normalized spacial score (nSPS) is 12.6. The fourth-order valence-corrected chi connectivity index (χ4v) is 2.62. The third kappa shape index (κ3) is 2.15. The Morgan fingerprint density at radius 1 is 1.05 bits per heavy atom. The predicted octanol–water partition coefficient (Wildman–Crippen LogP) is 4.08. The van der Waals surface area contributed by atoms with Gasteiger partial charge in [0.25, 0.3) is 0 Å². The second kappa shape index (κ2) is 5.19. The maximum atomic E-state index is 14.0. The van der Waals surface area contributed by atoms with Crippen molar-refractivity contribution in [3.05, 3.63) is 76.7 Å². The molecule has 1 unspecified atom stereocenters. The molecule has 0 bridgehead atoms. The van der Waals surface area contributed by atoms with Crippen molar-refractivity contribution in [1.29, 1.82) is 0 Å². The Morgan fingerprint density at radius 2 is 1.80 bits per heavy atom. The summed E-state index contributed by atoms with van der Waals surface area (Å²) < 4.78 is 14.0. The first-order valence-electron chi connectivity index (χ1n) is 6.21. The molecule has 0 aliphatic heterocycles. The summed E-state index contributed by atoms with van der Waals surface area (Å²) in [5.74, 6) is -0.405. The van der Waals surface area contributed by atoms with E-state index in [1.54, 1.807) is 18.3 Å². The van der Waals surface area contributed by atoms with Crippen molar-refractivity contribution < 1.29 is 4.39 Å². The molecule has 1 heterocycles. The van der Waals surface area contributed by atoms with Crippen molar-refractivity contribution in [3.8, 4) is 0 Å². The smallest absolute Gasteiger partial charge is 0.129 e. The van der Waals surface area contributed by atoms with Crippen LogP contribution >= 0.6 is 11.6 Å². The molecule has 0 saturated heterocycles. The van der Waals surface area contributed by atoms with Crippen molar-refractivity contribution in [3.63, 3.8) is 0 Å². The molecule has 4 heteroatoms. The number of nitrogens with two attached hydrogens (primary N) is 1. The number of para-hydroxylation sites is 1. The lowest BCUT2D eigenvalue weighted by Gasteiger charge is -2.16. The molecule has 0 aliphatic carbocycles. The van der Waals surface area contributed by atoms with E-state index in [1.807, 2.05) is 30.3 Å². The van der Waals surface area contributed by atoms with Gasteiger partial charge in [0, 0.05) is 22.2 Å². The lowest BCUT2D eigenvalue weighted by molar-refractivity contribution is 0.600. The van der Waals surface area contributed by atoms with Crippen LogP contribution in [0.4, 0.5) is 4.39 Å². The molecule has 2 nitrogen and oxygen atoms in total. The van der Waals surface area contributed by atoms with Gasteiger partial charge >= 0.3 is 0 Å². The maximum absolute atomic E-state index is 14.0. The predicted molar refractivity (Wildman–Crippen MR) is 79.2 cm³/mol. The number of hydrogen-bond donors (Lipinski definition) is 1. The third-order valence-corrected chi connectivity index (χ3v) is 3.64. The SMILES string of the molecule is NC(c1c(F)cccc1Cl)c1cccc2cccnc12. The highest BCUT2D eigenvalue weighted by Crippen LogP contribution is 2.31. The van der Waals surface area contributed by atoms with E-state index >= 15 is 0 Å². The molecule has 3 aromatic rings. The van der Waals surface area contributed by atoms with Gasteiger partial charge in [0.1, 0.15) is 5.82 Å². The van der Waals surface area contributed by atoms with Gasteiger partial charge in [-0.3, -0.25) is 4.98 Å². The van der Waals surface area contributed by atoms with Crippen LogP contribution in [0.25, 0.3) is 10.9 Å². The highest BCUT2D eigenvalue weighted by atomic mass is 35.5. The van der Waals surface area contributed by atoms with E-state index in [0.29, 0.717) is 10.6 Å². The standard InChI is InChI=1S/C16H12ClFN2/c17-12-7-2-8-13(18)14(12)15(19)11-6-1-4-10-5-3-9-20-16(10)11/h1-9,15H,19H2. The van der Waals surface area contributed by atoms with Crippen molar-refractivity contribution in [2.75, 3.05) is 0 Å². The average Bonchev–Trinajstić information content (AvgIpc) is 2.46. The minimum absolute atomic E-state index is 0.298. The van der Waals surface area contributed by atoms with Gasteiger partial charge < -0.3 is 5.73 Å². The first-order valence-corrected chi connectivity index (χ1v) is 6.59. The molecule has 0 spiro atoms. The fraction of sp³-hybridized carbons (Fsp3) is 0.0625. The quantitative estimate of drug-likeness (QED) is 0.771. The van der Waals surface area contributed by atoms with E-state index in [9.17, 15) is 4.39 Å². The number of rotatable bonds is 2. The first kappa shape index (κ1) is 13.0. The Labute approximate surface area is 121 Å². The van der Waals surface area contributed by atoms with Gasteiger partial charge in [0.05, 0.1) is 11.6 Å². The van der Waals surface area contributed by atoms with Crippen LogP contribution in [-0.2, 0) is 0 Å². The molecule has 1 atom stereocenters. The maximum Gasteiger partial charge on any atom is 0.129 e. The minimum Gasteiger partial charge on any atom is -0.320 e. The summed E-state index contributed by atoms with van der Waals surface area (Å²) >= 11 is 6.09. The van der Waals surface area contributed by atoms with E-state index in [-0.39, 0.29) is 0 Å². The summed E-state index contributed by atoms with van der Waals surface area (Å²) in [6.45, 7) is 0. The second-order valence-electron chi connectivity index (χ2n) is 4.54. The van der Waals surface area contributed by atoms with Gasteiger partial charge in [0.2, 0.25) is 0 Å². The summed E-state index contributed by atoms with van der Waals surface area (Å²) in [6, 6.07) is 13.4. The number of fused-ring (bicyclic) bond motifs is 1. The van der Waals surface area contributed by atoms with Gasteiger partial charge in [-0.2, -0.15) is 0 Å². The van der Waals surface area contributed by atoms with Crippen LogP contribution in [0.1, 0.15) is 17.2 Å². The topological polar surface area (TPSA) is 38.9 Å². The van der Waals surface area contributed by atoms with Crippen LogP contribution in [-0.4, -0.2) is 4.98 Å². The van der Waals surface area contributed by atoms with Crippen LogP contribution in [0.2, 0.25) is 5.02 Å². The Morgan fingerprint density at radius 3 is 2.60 bits per heavy atom. The van der Waals surface area contributed by atoms with Crippen LogP contribution in [0.5, 0.6) is 0 Å². The number of halogens is 2. The van der Waals surface area contributed by atoms with Crippen LogP contribution in [0.3, 0.4) is 0 Å². The summed E-state index contributed by atoms with van der Waals surface area (Å²) in [4.78, 5) is 4.34. The van der Waals surface area contributed by atoms with Crippen molar-refractivity contribution in [2.45, 2.75) is 6.04 Å². The lowest BCUT2D eigenvalue weighted by Crippen LogP contribution is -2.15. The Balaban J connectivity index is 2.21. The molecule has 0 fully saturated rings. The van der Waals surface area contributed by atoms with Crippen LogP contribution in [0.15, 0.2) is 54.7 Å². The molecule has 0 radical (unpaired) electrons. The van der Waals surface area contributed by atoms with E-state index in [1.165, 1.54) is 6.07 Å². The Hall–Kier alpha value is -1.97. The molecule has 2 aromatic carbocycles. The number of pyridine rings is 1. The molecule has 2 N–H and O–H groups in total. The molecular weight excluding hydrogens is 275 g/mol. The average molecular weight is 287 g/mol. The Bertz CT molecular complexity index is 748. The Kier molecular flexibility index (Phi) is 3.38. The largest absolute Gasteiger partial charge is 0.320 e. The minimum atomic E-state index is -0.651. The zero-order valence-electron chi connectivity index (χ0n) is 10.6. The highest BCUT2D eigenvalue weighted by Gasteiger charge is 2.19.